The average Bonchev–Trinajstić information content (AvgIpc) is 2.37. The lowest BCUT2D eigenvalue weighted by atomic mass is 9.93. The Balaban J connectivity index is 0.00000289. The first-order valence-electron chi connectivity index (χ1n) is 6.80. The van der Waals surface area contributed by atoms with Gasteiger partial charge < -0.3 is 19.7 Å². The fraction of sp³-hybridized carbons (Fsp3) is 1.00. The Labute approximate surface area is 118 Å². The Morgan fingerprint density at radius 1 is 1.17 bits per heavy atom. The fourth-order valence-corrected chi connectivity index (χ4v) is 2.29. The van der Waals surface area contributed by atoms with E-state index in [1.807, 2.05) is 7.05 Å². The van der Waals surface area contributed by atoms with Gasteiger partial charge in [-0.15, -0.1) is 12.4 Å². The predicted molar refractivity (Wildman–Crippen MR) is 77.7 cm³/mol. The first-order chi connectivity index (χ1) is 8.36. The second-order valence-corrected chi connectivity index (χ2v) is 4.78. The number of nitrogens with zero attached hydrogens (tertiary/aromatic N) is 1. The molecule has 18 heavy (non-hydrogen) atoms. The number of piperidine rings is 1. The van der Waals surface area contributed by atoms with Crippen LogP contribution in [-0.2, 0) is 9.47 Å². The quantitative estimate of drug-likeness (QED) is 0.647. The molecule has 1 fully saturated rings. The third kappa shape index (κ3) is 8.27. The van der Waals surface area contributed by atoms with Gasteiger partial charge in [-0.2, -0.15) is 0 Å². The zero-order chi connectivity index (χ0) is 12.3. The first-order valence-corrected chi connectivity index (χ1v) is 6.80. The molecule has 1 aliphatic rings. The summed E-state index contributed by atoms with van der Waals surface area (Å²) in [6.45, 7) is 6.96. The molecule has 0 unspecified atom stereocenters. The van der Waals surface area contributed by atoms with Gasteiger partial charge in [-0.1, -0.05) is 0 Å². The minimum Gasteiger partial charge on any atom is -0.382 e. The van der Waals surface area contributed by atoms with Crippen LogP contribution in [0.25, 0.3) is 0 Å². The second kappa shape index (κ2) is 12.2. The van der Waals surface area contributed by atoms with Gasteiger partial charge in [0, 0.05) is 13.7 Å². The monoisotopic (exact) mass is 280 g/mol. The van der Waals surface area contributed by atoms with Crippen molar-refractivity contribution in [3.8, 4) is 0 Å². The third-order valence-electron chi connectivity index (χ3n) is 3.49. The lowest BCUT2D eigenvalue weighted by molar-refractivity contribution is 0.0507. The lowest BCUT2D eigenvalue weighted by Gasteiger charge is -2.31. The normalized spacial score (nSPS) is 17.7. The van der Waals surface area contributed by atoms with Gasteiger partial charge in [0.1, 0.15) is 0 Å². The fourth-order valence-electron chi connectivity index (χ4n) is 2.29. The summed E-state index contributed by atoms with van der Waals surface area (Å²) in [7, 11) is 3.74. The van der Waals surface area contributed by atoms with Gasteiger partial charge in [0.25, 0.3) is 0 Å². The van der Waals surface area contributed by atoms with E-state index in [4.69, 9.17) is 9.47 Å². The van der Waals surface area contributed by atoms with E-state index < -0.39 is 0 Å². The molecule has 1 rings (SSSR count). The summed E-state index contributed by atoms with van der Waals surface area (Å²) in [6, 6.07) is 0. The summed E-state index contributed by atoms with van der Waals surface area (Å²) in [5, 5.41) is 3.23. The number of hydrogen-bond acceptors (Lipinski definition) is 4. The molecule has 0 radical (unpaired) electrons. The van der Waals surface area contributed by atoms with Crippen molar-refractivity contribution in [3.05, 3.63) is 0 Å². The van der Waals surface area contributed by atoms with Crippen molar-refractivity contribution in [2.24, 2.45) is 5.92 Å². The zero-order valence-corrected chi connectivity index (χ0v) is 12.6. The number of nitrogens with one attached hydrogen (secondary N) is 1. The SMILES string of the molecule is CNCCC1CCN(CCOCCOC)CC1.Cl. The number of methoxy groups -OCH3 is 1. The topological polar surface area (TPSA) is 33.7 Å². The van der Waals surface area contributed by atoms with Gasteiger partial charge >= 0.3 is 0 Å². The van der Waals surface area contributed by atoms with Crippen LogP contribution < -0.4 is 5.32 Å². The van der Waals surface area contributed by atoms with Gasteiger partial charge in [0.15, 0.2) is 0 Å². The molecule has 110 valence electrons. The van der Waals surface area contributed by atoms with Gasteiger partial charge in [-0.05, 0) is 51.9 Å². The Kier molecular flexibility index (Phi) is 12.3. The Morgan fingerprint density at radius 3 is 2.50 bits per heavy atom. The third-order valence-corrected chi connectivity index (χ3v) is 3.49. The van der Waals surface area contributed by atoms with Gasteiger partial charge in [-0.3, -0.25) is 0 Å². The van der Waals surface area contributed by atoms with E-state index in [2.05, 4.69) is 10.2 Å². The van der Waals surface area contributed by atoms with E-state index in [-0.39, 0.29) is 12.4 Å². The summed E-state index contributed by atoms with van der Waals surface area (Å²) in [6.07, 6.45) is 4.02. The molecule has 4 nitrogen and oxygen atoms in total. The van der Waals surface area contributed by atoms with Crippen molar-refractivity contribution in [2.75, 3.05) is 60.2 Å². The molecule has 1 aliphatic heterocycles. The first kappa shape index (κ1) is 18.1. The molecular formula is C13H29ClN2O2. The van der Waals surface area contributed by atoms with Crippen LogP contribution in [-0.4, -0.2) is 65.1 Å². The standard InChI is InChI=1S/C13H28N2O2.ClH/c1-14-6-3-13-4-7-15(8-5-13)9-10-17-12-11-16-2;/h13-14H,3-12H2,1-2H3;1H. The van der Waals surface area contributed by atoms with Gasteiger partial charge in [0.05, 0.1) is 19.8 Å². The number of rotatable bonds is 9. The Bertz CT molecular complexity index is 174. The maximum Gasteiger partial charge on any atom is 0.0700 e. The van der Waals surface area contributed by atoms with Crippen molar-refractivity contribution < 1.29 is 9.47 Å². The average molecular weight is 281 g/mol. The van der Waals surface area contributed by atoms with Crippen LogP contribution in [0.3, 0.4) is 0 Å². The Hall–Kier alpha value is 0.130. The molecule has 1 saturated heterocycles. The van der Waals surface area contributed by atoms with Crippen LogP contribution in [0.1, 0.15) is 19.3 Å². The van der Waals surface area contributed by atoms with E-state index in [9.17, 15) is 0 Å². The van der Waals surface area contributed by atoms with Crippen molar-refractivity contribution in [1.82, 2.24) is 10.2 Å². The van der Waals surface area contributed by atoms with Crippen molar-refractivity contribution >= 4 is 12.4 Å². The van der Waals surface area contributed by atoms with Crippen LogP contribution in [0.5, 0.6) is 0 Å². The summed E-state index contributed by atoms with van der Waals surface area (Å²) in [5.41, 5.74) is 0. The van der Waals surface area contributed by atoms with Crippen LogP contribution in [0.15, 0.2) is 0 Å². The molecule has 0 bridgehead atoms. The van der Waals surface area contributed by atoms with E-state index in [1.165, 1.54) is 32.4 Å². The number of halogens is 1. The minimum atomic E-state index is 0. The predicted octanol–water partition coefficient (Wildman–Crippen LogP) is 1.39. The van der Waals surface area contributed by atoms with Crippen LogP contribution in [0, 0.1) is 5.92 Å². The van der Waals surface area contributed by atoms with E-state index in [0.717, 1.165) is 32.2 Å². The number of likely N-dealkylation sites (tertiary alicyclic amines) is 1. The molecular weight excluding hydrogens is 252 g/mol. The molecule has 0 aromatic rings. The van der Waals surface area contributed by atoms with Gasteiger partial charge in [0.2, 0.25) is 0 Å². The number of hydrogen-bond donors (Lipinski definition) is 1. The summed E-state index contributed by atoms with van der Waals surface area (Å²) in [5.74, 6) is 0.924. The van der Waals surface area contributed by atoms with Crippen LogP contribution in [0.4, 0.5) is 0 Å². The Morgan fingerprint density at radius 2 is 1.89 bits per heavy atom. The smallest absolute Gasteiger partial charge is 0.0700 e. The number of ether oxygens (including phenoxy) is 2. The van der Waals surface area contributed by atoms with E-state index in [0.29, 0.717) is 6.61 Å². The summed E-state index contributed by atoms with van der Waals surface area (Å²) in [4.78, 5) is 2.52. The molecule has 1 N–H and O–H groups in total. The van der Waals surface area contributed by atoms with Crippen molar-refractivity contribution in [2.45, 2.75) is 19.3 Å². The molecule has 0 amide bonds. The molecule has 0 aliphatic carbocycles. The largest absolute Gasteiger partial charge is 0.382 e. The van der Waals surface area contributed by atoms with Gasteiger partial charge in [-0.25, -0.2) is 0 Å². The molecule has 0 aromatic heterocycles. The van der Waals surface area contributed by atoms with E-state index in [1.54, 1.807) is 7.11 Å². The van der Waals surface area contributed by atoms with Crippen LogP contribution in [0.2, 0.25) is 0 Å². The van der Waals surface area contributed by atoms with E-state index >= 15 is 0 Å². The highest BCUT2D eigenvalue weighted by Gasteiger charge is 2.18. The highest BCUT2D eigenvalue weighted by molar-refractivity contribution is 5.85. The van der Waals surface area contributed by atoms with Crippen LogP contribution >= 0.6 is 12.4 Å². The molecule has 5 heteroatoms. The maximum atomic E-state index is 5.49. The summed E-state index contributed by atoms with van der Waals surface area (Å²) < 4.78 is 10.4. The highest BCUT2D eigenvalue weighted by atomic mass is 35.5. The van der Waals surface area contributed by atoms with Crippen molar-refractivity contribution in [1.29, 1.82) is 0 Å². The summed E-state index contributed by atoms with van der Waals surface area (Å²) >= 11 is 0. The minimum absolute atomic E-state index is 0. The lowest BCUT2D eigenvalue weighted by Crippen LogP contribution is -2.36. The molecule has 0 aromatic carbocycles. The molecule has 0 saturated carbocycles. The van der Waals surface area contributed by atoms with Crippen molar-refractivity contribution in [3.63, 3.8) is 0 Å². The molecule has 1 heterocycles. The molecule has 0 atom stereocenters. The molecule has 0 spiro atoms. The highest BCUT2D eigenvalue weighted by Crippen LogP contribution is 2.19. The zero-order valence-electron chi connectivity index (χ0n) is 11.8. The maximum absolute atomic E-state index is 5.49. The second-order valence-electron chi connectivity index (χ2n) is 4.78.